The number of nitrogens with zero attached hydrogens (tertiary/aromatic N) is 2. The third kappa shape index (κ3) is 3.46. The zero-order chi connectivity index (χ0) is 12.1. The first-order valence-corrected chi connectivity index (χ1v) is 7.16. The van der Waals surface area contributed by atoms with Gasteiger partial charge in [0.25, 0.3) is 0 Å². The summed E-state index contributed by atoms with van der Waals surface area (Å²) in [5.74, 6) is 1.17. The monoisotopic (exact) mass is 249 g/mol. The van der Waals surface area contributed by atoms with Crippen molar-refractivity contribution in [2.24, 2.45) is 4.99 Å². The Labute approximate surface area is 107 Å². The van der Waals surface area contributed by atoms with Gasteiger partial charge in [-0.2, -0.15) is 0 Å². The minimum Gasteiger partial charge on any atom is -0.357 e. The molecular weight excluding hydrogens is 230 g/mol. The quantitative estimate of drug-likeness (QED) is 0.894. The van der Waals surface area contributed by atoms with E-state index in [1.165, 1.54) is 12.2 Å². The predicted molar refractivity (Wildman–Crippen MR) is 74.4 cm³/mol. The van der Waals surface area contributed by atoms with Crippen LogP contribution in [0.15, 0.2) is 29.4 Å². The highest BCUT2D eigenvalue weighted by Gasteiger charge is 2.16. The van der Waals surface area contributed by atoms with Crippen molar-refractivity contribution in [3.63, 3.8) is 0 Å². The molecule has 1 N–H and O–H groups in total. The van der Waals surface area contributed by atoms with E-state index >= 15 is 0 Å². The normalized spacial score (nSPS) is 21.8. The summed E-state index contributed by atoms with van der Waals surface area (Å²) >= 11 is 1.82. The highest BCUT2D eigenvalue weighted by molar-refractivity contribution is 8.13. The van der Waals surface area contributed by atoms with E-state index in [4.69, 9.17) is 4.99 Å². The SMILES string of the molecule is CCC1CCSC(NC(C)c2ccccn2)=N1. The molecule has 2 atom stereocenters. The number of nitrogens with one attached hydrogen (secondary N) is 1. The Morgan fingerprint density at radius 1 is 1.53 bits per heavy atom. The summed E-state index contributed by atoms with van der Waals surface area (Å²) in [6.07, 6.45) is 4.16. The van der Waals surface area contributed by atoms with Crippen LogP contribution in [0.3, 0.4) is 0 Å². The largest absolute Gasteiger partial charge is 0.357 e. The molecule has 0 bridgehead atoms. The van der Waals surface area contributed by atoms with Gasteiger partial charge in [0, 0.05) is 11.9 Å². The Morgan fingerprint density at radius 2 is 2.41 bits per heavy atom. The number of hydrogen-bond acceptors (Lipinski definition) is 4. The molecule has 0 saturated carbocycles. The molecule has 0 aliphatic carbocycles. The predicted octanol–water partition coefficient (Wildman–Crippen LogP) is 3.00. The van der Waals surface area contributed by atoms with Gasteiger partial charge in [-0.1, -0.05) is 24.8 Å². The summed E-state index contributed by atoms with van der Waals surface area (Å²) in [6.45, 7) is 4.32. The van der Waals surface area contributed by atoms with Crippen molar-refractivity contribution < 1.29 is 0 Å². The molecule has 1 aromatic rings. The fourth-order valence-electron chi connectivity index (χ4n) is 1.82. The summed E-state index contributed by atoms with van der Waals surface area (Å²) in [5.41, 5.74) is 1.06. The molecule has 0 amide bonds. The standard InChI is InChI=1S/C13H19N3S/c1-3-11-7-9-17-13(16-11)15-10(2)12-6-4-5-8-14-12/h4-6,8,10-11H,3,7,9H2,1-2H3,(H,15,16). The van der Waals surface area contributed by atoms with E-state index in [1.807, 2.05) is 36.2 Å². The summed E-state index contributed by atoms with van der Waals surface area (Å²) in [7, 11) is 0. The summed E-state index contributed by atoms with van der Waals surface area (Å²) in [6, 6.07) is 6.72. The Morgan fingerprint density at radius 3 is 3.12 bits per heavy atom. The first kappa shape index (κ1) is 12.4. The lowest BCUT2D eigenvalue weighted by molar-refractivity contribution is 0.619. The third-order valence-corrected chi connectivity index (χ3v) is 3.87. The van der Waals surface area contributed by atoms with Gasteiger partial charge in [0.15, 0.2) is 5.17 Å². The average molecular weight is 249 g/mol. The lowest BCUT2D eigenvalue weighted by Crippen LogP contribution is -2.29. The van der Waals surface area contributed by atoms with E-state index in [1.54, 1.807) is 0 Å². The number of pyridine rings is 1. The summed E-state index contributed by atoms with van der Waals surface area (Å²) in [5, 5.41) is 4.52. The highest BCUT2D eigenvalue weighted by atomic mass is 32.2. The first-order valence-electron chi connectivity index (χ1n) is 6.17. The second-order valence-corrected chi connectivity index (χ2v) is 5.34. The van der Waals surface area contributed by atoms with Crippen molar-refractivity contribution in [1.29, 1.82) is 0 Å². The molecule has 1 aromatic heterocycles. The molecule has 0 spiro atoms. The highest BCUT2D eigenvalue weighted by Crippen LogP contribution is 2.20. The number of aromatic nitrogens is 1. The maximum atomic E-state index is 4.71. The Balaban J connectivity index is 1.99. The molecule has 1 aliphatic rings. The van der Waals surface area contributed by atoms with E-state index in [0.29, 0.717) is 6.04 Å². The van der Waals surface area contributed by atoms with Gasteiger partial charge in [0.1, 0.15) is 0 Å². The topological polar surface area (TPSA) is 37.3 Å². The second-order valence-electron chi connectivity index (χ2n) is 4.25. The molecule has 0 fully saturated rings. The van der Waals surface area contributed by atoms with Crippen molar-refractivity contribution in [1.82, 2.24) is 10.3 Å². The molecule has 17 heavy (non-hydrogen) atoms. The zero-order valence-electron chi connectivity index (χ0n) is 10.4. The van der Waals surface area contributed by atoms with Gasteiger partial charge in [0.2, 0.25) is 0 Å². The van der Waals surface area contributed by atoms with E-state index in [2.05, 4.69) is 24.1 Å². The number of amidine groups is 1. The third-order valence-electron chi connectivity index (χ3n) is 2.93. The fourth-order valence-corrected chi connectivity index (χ4v) is 2.89. The maximum absolute atomic E-state index is 4.71. The van der Waals surface area contributed by atoms with Crippen LogP contribution in [0.1, 0.15) is 38.4 Å². The fraction of sp³-hybridized carbons (Fsp3) is 0.538. The van der Waals surface area contributed by atoms with Gasteiger partial charge in [-0.05, 0) is 31.9 Å². The molecule has 4 heteroatoms. The Bertz CT molecular complexity index is 378. The van der Waals surface area contributed by atoms with Crippen molar-refractivity contribution in [2.45, 2.75) is 38.8 Å². The number of thioether (sulfide) groups is 1. The van der Waals surface area contributed by atoms with Gasteiger partial charge in [0.05, 0.1) is 17.8 Å². The van der Waals surface area contributed by atoms with Crippen LogP contribution in [0.4, 0.5) is 0 Å². The van der Waals surface area contributed by atoms with Crippen LogP contribution < -0.4 is 5.32 Å². The molecule has 2 heterocycles. The molecule has 1 aliphatic heterocycles. The average Bonchev–Trinajstić information content (AvgIpc) is 2.40. The molecule has 0 radical (unpaired) electrons. The van der Waals surface area contributed by atoms with Crippen LogP contribution in [0, 0.1) is 0 Å². The van der Waals surface area contributed by atoms with Crippen LogP contribution in [0.25, 0.3) is 0 Å². The van der Waals surface area contributed by atoms with Gasteiger partial charge in [-0.3, -0.25) is 9.98 Å². The van der Waals surface area contributed by atoms with Gasteiger partial charge < -0.3 is 5.32 Å². The number of rotatable bonds is 3. The molecule has 0 aromatic carbocycles. The van der Waals surface area contributed by atoms with E-state index in [0.717, 1.165) is 17.3 Å². The van der Waals surface area contributed by atoms with Gasteiger partial charge in [-0.15, -0.1) is 0 Å². The van der Waals surface area contributed by atoms with E-state index in [-0.39, 0.29) is 6.04 Å². The van der Waals surface area contributed by atoms with Crippen LogP contribution in [-0.4, -0.2) is 21.9 Å². The zero-order valence-corrected chi connectivity index (χ0v) is 11.2. The lowest BCUT2D eigenvalue weighted by atomic mass is 10.2. The molecular formula is C13H19N3S. The van der Waals surface area contributed by atoms with Crippen LogP contribution in [0.2, 0.25) is 0 Å². The second kappa shape index (κ2) is 6.05. The van der Waals surface area contributed by atoms with Crippen LogP contribution in [-0.2, 0) is 0 Å². The molecule has 3 nitrogen and oxygen atoms in total. The Kier molecular flexibility index (Phi) is 4.42. The maximum Gasteiger partial charge on any atom is 0.157 e. The number of hydrogen-bond donors (Lipinski definition) is 1. The smallest absolute Gasteiger partial charge is 0.157 e. The van der Waals surface area contributed by atoms with E-state index in [9.17, 15) is 0 Å². The van der Waals surface area contributed by atoms with Crippen molar-refractivity contribution in [2.75, 3.05) is 5.75 Å². The molecule has 2 rings (SSSR count). The van der Waals surface area contributed by atoms with Crippen LogP contribution in [0.5, 0.6) is 0 Å². The number of aliphatic imine (C=N–C) groups is 1. The molecule has 0 saturated heterocycles. The van der Waals surface area contributed by atoms with Gasteiger partial charge >= 0.3 is 0 Å². The Hall–Kier alpha value is -1.03. The summed E-state index contributed by atoms with van der Waals surface area (Å²) < 4.78 is 0. The van der Waals surface area contributed by atoms with E-state index < -0.39 is 0 Å². The van der Waals surface area contributed by atoms with Crippen LogP contribution >= 0.6 is 11.8 Å². The van der Waals surface area contributed by atoms with Crippen molar-refractivity contribution >= 4 is 16.9 Å². The van der Waals surface area contributed by atoms with Crippen molar-refractivity contribution in [3.05, 3.63) is 30.1 Å². The molecule has 2 unspecified atom stereocenters. The van der Waals surface area contributed by atoms with Crippen molar-refractivity contribution in [3.8, 4) is 0 Å². The summed E-state index contributed by atoms with van der Waals surface area (Å²) in [4.78, 5) is 9.06. The first-order chi connectivity index (χ1) is 8.29. The lowest BCUT2D eigenvalue weighted by Gasteiger charge is -2.22. The minimum atomic E-state index is 0.220. The van der Waals surface area contributed by atoms with Gasteiger partial charge in [-0.25, -0.2) is 0 Å². The molecule has 92 valence electrons. The minimum absolute atomic E-state index is 0.220.